The van der Waals surface area contributed by atoms with E-state index in [0.29, 0.717) is 12.2 Å². The van der Waals surface area contributed by atoms with Crippen molar-refractivity contribution in [2.45, 2.75) is 6.54 Å². The van der Waals surface area contributed by atoms with Gasteiger partial charge in [-0.05, 0) is 29.1 Å². The lowest BCUT2D eigenvalue weighted by molar-refractivity contribution is 0.0948. The van der Waals surface area contributed by atoms with Gasteiger partial charge < -0.3 is 5.32 Å². The monoisotopic (exact) mass is 343 g/mol. The average Bonchev–Trinajstić information content (AvgIpc) is 3.12. The van der Waals surface area contributed by atoms with Gasteiger partial charge in [0, 0.05) is 49.3 Å². The molecule has 0 aliphatic rings. The van der Waals surface area contributed by atoms with Crippen molar-refractivity contribution in [2.75, 3.05) is 0 Å². The van der Waals surface area contributed by atoms with Gasteiger partial charge in [-0.1, -0.05) is 24.3 Å². The zero-order valence-electron chi connectivity index (χ0n) is 14.3. The molecule has 6 heteroatoms. The number of aromatic nitrogens is 4. The average molecular weight is 343 g/mol. The first kappa shape index (κ1) is 16.0. The van der Waals surface area contributed by atoms with Crippen molar-refractivity contribution >= 4 is 16.7 Å². The smallest absolute Gasteiger partial charge is 0.270 e. The van der Waals surface area contributed by atoms with Crippen LogP contribution in [-0.4, -0.2) is 25.7 Å². The van der Waals surface area contributed by atoms with Crippen LogP contribution in [0.3, 0.4) is 0 Å². The molecule has 0 spiro atoms. The molecule has 0 aliphatic carbocycles. The number of aryl methyl sites for hydroxylation is 1. The molecule has 26 heavy (non-hydrogen) atoms. The summed E-state index contributed by atoms with van der Waals surface area (Å²) in [6.07, 6.45) is 6.93. The van der Waals surface area contributed by atoms with Gasteiger partial charge in [0.2, 0.25) is 0 Å². The van der Waals surface area contributed by atoms with E-state index in [1.165, 1.54) is 0 Å². The molecule has 3 heterocycles. The standard InChI is InChI=1S/C20H17N5O/c1-25-18(7-9-24-25)16-10-14(11-21-13-16)12-23-20(26)19-17-5-3-2-4-15(17)6-8-22-19/h2-11,13H,12H2,1H3,(H,23,26). The summed E-state index contributed by atoms with van der Waals surface area (Å²) < 4.78 is 1.79. The Morgan fingerprint density at radius 2 is 2.00 bits per heavy atom. The maximum absolute atomic E-state index is 12.6. The molecule has 0 saturated heterocycles. The van der Waals surface area contributed by atoms with Crippen LogP contribution in [0.15, 0.2) is 67.3 Å². The third-order valence-electron chi connectivity index (χ3n) is 4.25. The van der Waals surface area contributed by atoms with Crippen LogP contribution in [0.4, 0.5) is 0 Å². The molecule has 1 amide bonds. The van der Waals surface area contributed by atoms with Crippen LogP contribution < -0.4 is 5.32 Å². The largest absolute Gasteiger partial charge is 0.347 e. The maximum Gasteiger partial charge on any atom is 0.270 e. The summed E-state index contributed by atoms with van der Waals surface area (Å²) in [7, 11) is 1.88. The molecule has 6 nitrogen and oxygen atoms in total. The summed E-state index contributed by atoms with van der Waals surface area (Å²) in [5.41, 5.74) is 3.28. The van der Waals surface area contributed by atoms with E-state index < -0.39 is 0 Å². The Kier molecular flexibility index (Phi) is 4.15. The second-order valence-corrected chi connectivity index (χ2v) is 5.99. The van der Waals surface area contributed by atoms with Gasteiger partial charge in [-0.15, -0.1) is 0 Å². The molecule has 0 unspecified atom stereocenters. The number of carbonyl (C=O) groups is 1. The topological polar surface area (TPSA) is 72.7 Å². The summed E-state index contributed by atoms with van der Waals surface area (Å²) in [5.74, 6) is -0.201. The summed E-state index contributed by atoms with van der Waals surface area (Å²) in [5, 5.41) is 8.94. The van der Waals surface area contributed by atoms with E-state index in [9.17, 15) is 4.79 Å². The third-order valence-corrected chi connectivity index (χ3v) is 4.25. The van der Waals surface area contributed by atoms with Crippen molar-refractivity contribution in [1.29, 1.82) is 0 Å². The lowest BCUT2D eigenvalue weighted by atomic mass is 10.1. The normalized spacial score (nSPS) is 10.8. The molecule has 0 saturated carbocycles. The predicted molar refractivity (Wildman–Crippen MR) is 99.4 cm³/mol. The van der Waals surface area contributed by atoms with Gasteiger partial charge >= 0.3 is 0 Å². The lowest BCUT2D eigenvalue weighted by Gasteiger charge is -2.08. The first-order valence-corrected chi connectivity index (χ1v) is 8.26. The number of rotatable bonds is 4. The number of amides is 1. The number of nitrogens with zero attached hydrogens (tertiary/aromatic N) is 4. The third kappa shape index (κ3) is 3.04. The number of benzene rings is 1. The minimum atomic E-state index is -0.201. The van der Waals surface area contributed by atoms with Crippen molar-refractivity contribution in [3.63, 3.8) is 0 Å². The van der Waals surface area contributed by atoms with E-state index in [-0.39, 0.29) is 5.91 Å². The van der Waals surface area contributed by atoms with Crippen LogP contribution in [0.2, 0.25) is 0 Å². The molecule has 0 bridgehead atoms. The van der Waals surface area contributed by atoms with E-state index >= 15 is 0 Å². The van der Waals surface area contributed by atoms with Crippen LogP contribution in [-0.2, 0) is 13.6 Å². The van der Waals surface area contributed by atoms with Gasteiger partial charge in [-0.2, -0.15) is 5.10 Å². The minimum Gasteiger partial charge on any atom is -0.347 e. The van der Waals surface area contributed by atoms with Crippen LogP contribution in [0.25, 0.3) is 22.0 Å². The lowest BCUT2D eigenvalue weighted by Crippen LogP contribution is -2.24. The van der Waals surface area contributed by atoms with Gasteiger partial charge in [0.15, 0.2) is 0 Å². The van der Waals surface area contributed by atoms with Crippen LogP contribution in [0, 0.1) is 0 Å². The second kappa shape index (κ2) is 6.76. The van der Waals surface area contributed by atoms with Crippen LogP contribution >= 0.6 is 0 Å². The maximum atomic E-state index is 12.6. The summed E-state index contributed by atoms with van der Waals surface area (Å²) in [4.78, 5) is 21.1. The molecular formula is C20H17N5O. The molecule has 4 rings (SSSR count). The Labute approximate surface area is 150 Å². The Morgan fingerprint density at radius 3 is 2.85 bits per heavy atom. The molecule has 3 aromatic heterocycles. The predicted octanol–water partition coefficient (Wildman–Crippen LogP) is 2.96. The Morgan fingerprint density at radius 1 is 1.12 bits per heavy atom. The first-order chi connectivity index (χ1) is 12.7. The summed E-state index contributed by atoms with van der Waals surface area (Å²) in [6, 6.07) is 13.5. The zero-order chi connectivity index (χ0) is 17.9. The van der Waals surface area contributed by atoms with Gasteiger partial charge in [0.1, 0.15) is 5.69 Å². The SMILES string of the molecule is Cn1nccc1-c1cncc(CNC(=O)c2nccc3ccccc23)c1. The fourth-order valence-corrected chi connectivity index (χ4v) is 2.95. The van der Waals surface area contributed by atoms with Gasteiger partial charge in [-0.3, -0.25) is 19.4 Å². The van der Waals surface area contributed by atoms with E-state index in [0.717, 1.165) is 27.6 Å². The highest BCUT2D eigenvalue weighted by atomic mass is 16.1. The molecular weight excluding hydrogens is 326 g/mol. The van der Waals surface area contributed by atoms with E-state index in [4.69, 9.17) is 0 Å². The van der Waals surface area contributed by atoms with Crippen molar-refractivity contribution < 1.29 is 4.79 Å². The zero-order valence-corrected chi connectivity index (χ0v) is 14.3. The van der Waals surface area contributed by atoms with E-state index in [2.05, 4.69) is 20.4 Å². The molecule has 4 aromatic rings. The molecule has 0 fully saturated rings. The van der Waals surface area contributed by atoms with Gasteiger partial charge in [-0.25, -0.2) is 0 Å². The Balaban J connectivity index is 1.54. The molecule has 1 aromatic carbocycles. The number of nitrogens with one attached hydrogen (secondary N) is 1. The van der Waals surface area contributed by atoms with Gasteiger partial charge in [0.05, 0.1) is 5.69 Å². The molecule has 1 N–H and O–H groups in total. The molecule has 128 valence electrons. The summed E-state index contributed by atoms with van der Waals surface area (Å²) in [6.45, 7) is 0.377. The fraction of sp³-hybridized carbons (Fsp3) is 0.100. The molecule has 0 aliphatic heterocycles. The quantitative estimate of drug-likeness (QED) is 0.618. The van der Waals surface area contributed by atoms with E-state index in [1.807, 2.05) is 49.5 Å². The number of fused-ring (bicyclic) bond motifs is 1. The Bertz CT molecular complexity index is 1080. The van der Waals surface area contributed by atoms with Crippen molar-refractivity contribution in [1.82, 2.24) is 25.1 Å². The number of hydrogen-bond acceptors (Lipinski definition) is 4. The van der Waals surface area contributed by atoms with E-state index in [1.54, 1.807) is 29.5 Å². The second-order valence-electron chi connectivity index (χ2n) is 5.99. The molecule has 0 atom stereocenters. The molecule has 0 radical (unpaired) electrons. The van der Waals surface area contributed by atoms with Crippen molar-refractivity contribution in [2.24, 2.45) is 7.05 Å². The highest BCUT2D eigenvalue weighted by Crippen LogP contribution is 2.19. The van der Waals surface area contributed by atoms with Gasteiger partial charge in [0.25, 0.3) is 5.91 Å². The fourth-order valence-electron chi connectivity index (χ4n) is 2.95. The van der Waals surface area contributed by atoms with Crippen LogP contribution in [0.5, 0.6) is 0 Å². The highest BCUT2D eigenvalue weighted by molar-refractivity contribution is 6.05. The van der Waals surface area contributed by atoms with Crippen LogP contribution in [0.1, 0.15) is 16.1 Å². The first-order valence-electron chi connectivity index (χ1n) is 8.26. The highest BCUT2D eigenvalue weighted by Gasteiger charge is 2.11. The number of hydrogen-bond donors (Lipinski definition) is 1. The number of pyridine rings is 2. The van der Waals surface area contributed by atoms with Crippen molar-refractivity contribution in [3.05, 3.63) is 78.5 Å². The minimum absolute atomic E-state index is 0.201. The number of carbonyl (C=O) groups excluding carboxylic acids is 1. The summed E-state index contributed by atoms with van der Waals surface area (Å²) >= 11 is 0. The van der Waals surface area contributed by atoms with Crippen molar-refractivity contribution in [3.8, 4) is 11.3 Å². The Hall–Kier alpha value is -3.54.